The van der Waals surface area contributed by atoms with Crippen molar-refractivity contribution in [2.45, 2.75) is 19.2 Å². The number of halogens is 3. The first kappa shape index (κ1) is 25.8. The Labute approximate surface area is 202 Å². The Hall–Kier alpha value is -3.80. The van der Waals surface area contributed by atoms with Crippen molar-refractivity contribution in [3.8, 4) is 0 Å². The third kappa shape index (κ3) is 7.88. The Balaban J connectivity index is 1.60. The number of alkyl halides is 3. The van der Waals surface area contributed by atoms with Gasteiger partial charge in [0.15, 0.2) is 5.82 Å². The van der Waals surface area contributed by atoms with E-state index in [1.54, 1.807) is 37.3 Å². The van der Waals surface area contributed by atoms with Gasteiger partial charge in [-0.25, -0.2) is 0 Å². The number of hydrogen-bond acceptors (Lipinski definition) is 7. The van der Waals surface area contributed by atoms with Crippen molar-refractivity contribution in [3.63, 3.8) is 0 Å². The molecule has 0 saturated carbocycles. The molecule has 0 fully saturated rings. The molecule has 184 valence electrons. The summed E-state index contributed by atoms with van der Waals surface area (Å²) in [5, 5.41) is 8.49. The minimum atomic E-state index is -4.58. The number of carbonyl (C=O) groups excluding carboxylic acids is 3. The summed E-state index contributed by atoms with van der Waals surface area (Å²) >= 11 is 0.951. The van der Waals surface area contributed by atoms with E-state index in [2.05, 4.69) is 15.8 Å². The van der Waals surface area contributed by atoms with Crippen LogP contribution in [0.25, 0.3) is 0 Å². The fourth-order valence-electron chi connectivity index (χ4n) is 2.88. The van der Waals surface area contributed by atoms with Gasteiger partial charge in [0.25, 0.3) is 5.91 Å². The van der Waals surface area contributed by atoms with Crippen molar-refractivity contribution in [1.82, 2.24) is 5.16 Å². The molecule has 3 aromatic rings. The van der Waals surface area contributed by atoms with Crippen LogP contribution < -0.4 is 10.6 Å². The van der Waals surface area contributed by atoms with Crippen molar-refractivity contribution in [2.75, 3.05) is 22.1 Å². The molecule has 2 N–H and O–H groups in total. The molecule has 0 radical (unpaired) electrons. The lowest BCUT2D eigenvalue weighted by molar-refractivity contribution is -0.152. The molecule has 0 aliphatic heterocycles. The number of carbonyl (C=O) groups is 3. The highest BCUT2D eigenvalue weighted by Gasteiger charge is 2.31. The van der Waals surface area contributed by atoms with E-state index in [0.29, 0.717) is 11.3 Å². The summed E-state index contributed by atoms with van der Waals surface area (Å²) < 4.78 is 49.1. The van der Waals surface area contributed by atoms with E-state index >= 15 is 0 Å². The SMILES string of the molecule is Cc1cc(NC(=O)CSCC(=O)O[C@H](C(=O)Nc2cccc(C(F)(F)F)c2)c2ccccc2)no1. The minimum absolute atomic E-state index is 0.0898. The van der Waals surface area contributed by atoms with Gasteiger partial charge in [0.05, 0.1) is 17.1 Å². The first-order chi connectivity index (χ1) is 16.6. The van der Waals surface area contributed by atoms with Gasteiger partial charge in [-0.2, -0.15) is 13.2 Å². The third-order valence-electron chi connectivity index (χ3n) is 4.40. The van der Waals surface area contributed by atoms with Gasteiger partial charge in [-0.1, -0.05) is 41.6 Å². The summed E-state index contributed by atoms with van der Waals surface area (Å²) in [6.45, 7) is 1.67. The maximum atomic E-state index is 13.0. The van der Waals surface area contributed by atoms with Gasteiger partial charge in [-0.3, -0.25) is 14.4 Å². The van der Waals surface area contributed by atoms with E-state index in [0.717, 1.165) is 30.0 Å². The molecule has 1 aromatic heterocycles. The summed E-state index contributed by atoms with van der Waals surface area (Å²) in [7, 11) is 0. The zero-order chi connectivity index (χ0) is 25.4. The number of ether oxygens (including phenoxy) is 1. The summed E-state index contributed by atoms with van der Waals surface area (Å²) in [6.07, 6.45) is -5.99. The Morgan fingerprint density at radius 1 is 1.03 bits per heavy atom. The van der Waals surface area contributed by atoms with Crippen LogP contribution in [0.3, 0.4) is 0 Å². The highest BCUT2D eigenvalue weighted by molar-refractivity contribution is 8.00. The largest absolute Gasteiger partial charge is 0.447 e. The predicted molar refractivity (Wildman–Crippen MR) is 123 cm³/mol. The number of aromatic nitrogens is 1. The molecule has 8 nitrogen and oxygen atoms in total. The van der Waals surface area contributed by atoms with Crippen molar-refractivity contribution in [2.24, 2.45) is 0 Å². The summed E-state index contributed by atoms with van der Waals surface area (Å²) in [4.78, 5) is 37.2. The molecule has 0 aliphatic rings. The number of hydrogen-bond donors (Lipinski definition) is 2. The normalized spacial score (nSPS) is 12.0. The molecule has 0 saturated heterocycles. The summed E-state index contributed by atoms with van der Waals surface area (Å²) in [5.74, 6) is -1.60. The third-order valence-corrected chi connectivity index (χ3v) is 5.30. The molecule has 0 bridgehead atoms. The second kappa shape index (κ2) is 11.6. The summed E-state index contributed by atoms with van der Waals surface area (Å²) in [5.41, 5.74) is -0.704. The van der Waals surface area contributed by atoms with Crippen LogP contribution in [0.4, 0.5) is 24.7 Å². The summed E-state index contributed by atoms with van der Waals surface area (Å²) in [6, 6.07) is 13.7. The molecule has 3 rings (SSSR count). The zero-order valence-corrected chi connectivity index (χ0v) is 19.1. The van der Waals surface area contributed by atoms with E-state index in [1.165, 1.54) is 12.1 Å². The van der Waals surface area contributed by atoms with E-state index in [9.17, 15) is 27.6 Å². The molecule has 12 heteroatoms. The predicted octanol–water partition coefficient (Wildman–Crippen LogP) is 4.60. The van der Waals surface area contributed by atoms with E-state index < -0.39 is 35.6 Å². The van der Waals surface area contributed by atoms with Crippen LogP contribution >= 0.6 is 11.8 Å². The fraction of sp³-hybridized carbons (Fsp3) is 0.217. The molecule has 1 atom stereocenters. The van der Waals surface area contributed by atoms with Crippen LogP contribution in [0.2, 0.25) is 0 Å². The van der Waals surface area contributed by atoms with Crippen LogP contribution in [-0.4, -0.2) is 34.4 Å². The number of benzene rings is 2. The highest BCUT2D eigenvalue weighted by atomic mass is 32.2. The second-order valence-electron chi connectivity index (χ2n) is 7.21. The number of thioether (sulfide) groups is 1. The molecule has 2 aromatic carbocycles. The quantitative estimate of drug-likeness (QED) is 0.408. The van der Waals surface area contributed by atoms with Crippen molar-refractivity contribution in [1.29, 1.82) is 0 Å². The Kier molecular flexibility index (Phi) is 8.53. The molecule has 2 amide bonds. The molecule has 1 heterocycles. The average Bonchev–Trinajstić information content (AvgIpc) is 3.22. The number of aryl methyl sites for hydroxylation is 1. The lowest BCUT2D eigenvalue weighted by atomic mass is 10.1. The van der Waals surface area contributed by atoms with Gasteiger partial charge in [-0.05, 0) is 25.1 Å². The van der Waals surface area contributed by atoms with Crippen LogP contribution in [0.5, 0.6) is 0 Å². The fourth-order valence-corrected chi connectivity index (χ4v) is 3.47. The molecule has 35 heavy (non-hydrogen) atoms. The Bertz CT molecular complexity index is 1180. The number of amides is 2. The van der Waals surface area contributed by atoms with Crippen molar-refractivity contribution < 1.29 is 36.8 Å². The van der Waals surface area contributed by atoms with E-state index in [4.69, 9.17) is 9.26 Å². The van der Waals surface area contributed by atoms with Gasteiger partial charge in [0.1, 0.15) is 5.76 Å². The molecular formula is C23H20F3N3O5S. The number of nitrogens with zero attached hydrogens (tertiary/aromatic N) is 1. The van der Waals surface area contributed by atoms with Gasteiger partial charge in [-0.15, -0.1) is 11.8 Å². The Morgan fingerprint density at radius 2 is 1.77 bits per heavy atom. The Morgan fingerprint density at radius 3 is 2.43 bits per heavy atom. The maximum Gasteiger partial charge on any atom is 0.416 e. The lowest BCUT2D eigenvalue weighted by Crippen LogP contribution is -2.27. The van der Waals surface area contributed by atoms with Gasteiger partial charge in [0.2, 0.25) is 12.0 Å². The first-order valence-corrected chi connectivity index (χ1v) is 11.3. The van der Waals surface area contributed by atoms with Gasteiger partial charge < -0.3 is 19.9 Å². The number of esters is 1. The van der Waals surface area contributed by atoms with E-state index in [1.807, 2.05) is 0 Å². The number of nitrogens with one attached hydrogen (secondary N) is 2. The molecular weight excluding hydrogens is 487 g/mol. The van der Waals surface area contributed by atoms with Crippen molar-refractivity contribution >= 4 is 41.1 Å². The monoisotopic (exact) mass is 507 g/mol. The molecule has 0 spiro atoms. The number of rotatable bonds is 9. The van der Waals surface area contributed by atoms with Crippen molar-refractivity contribution in [3.05, 3.63) is 77.6 Å². The van der Waals surface area contributed by atoms with Gasteiger partial charge >= 0.3 is 12.1 Å². The maximum absolute atomic E-state index is 13.0. The zero-order valence-electron chi connectivity index (χ0n) is 18.3. The highest BCUT2D eigenvalue weighted by Crippen LogP contribution is 2.31. The number of anilines is 2. The molecule has 0 unspecified atom stereocenters. The minimum Gasteiger partial charge on any atom is -0.447 e. The molecule has 0 aliphatic carbocycles. The average molecular weight is 507 g/mol. The van der Waals surface area contributed by atoms with Crippen LogP contribution in [0, 0.1) is 6.92 Å². The van der Waals surface area contributed by atoms with E-state index in [-0.39, 0.29) is 23.0 Å². The topological polar surface area (TPSA) is 111 Å². The van der Waals surface area contributed by atoms with Crippen LogP contribution in [-0.2, 0) is 25.3 Å². The second-order valence-corrected chi connectivity index (χ2v) is 8.20. The first-order valence-electron chi connectivity index (χ1n) is 10.2. The van der Waals surface area contributed by atoms with Gasteiger partial charge in [0, 0.05) is 17.3 Å². The lowest BCUT2D eigenvalue weighted by Gasteiger charge is -2.18. The van der Waals surface area contributed by atoms with Crippen LogP contribution in [0.1, 0.15) is 23.0 Å². The van der Waals surface area contributed by atoms with Crippen LogP contribution in [0.15, 0.2) is 65.2 Å². The smallest absolute Gasteiger partial charge is 0.416 e. The standard InChI is InChI=1S/C23H20F3N3O5S/c1-14-10-18(29-34-14)28-19(30)12-35-13-20(31)33-21(15-6-3-2-4-7-15)22(32)27-17-9-5-8-16(11-17)23(24,25)26/h2-11,21H,12-13H2,1H3,(H,27,32)(H,28,29,30)/t21-/m0/s1.